The number of hydrogen-bond donors (Lipinski definition) is 1. The van der Waals surface area contributed by atoms with Gasteiger partial charge in [-0.05, 0) is 31.0 Å². The summed E-state index contributed by atoms with van der Waals surface area (Å²) >= 11 is 5.94. The van der Waals surface area contributed by atoms with Crippen LogP contribution in [0.1, 0.15) is 38.8 Å². The van der Waals surface area contributed by atoms with Gasteiger partial charge in [-0.15, -0.1) is 0 Å². The molecule has 1 heterocycles. The first-order valence-corrected chi connectivity index (χ1v) is 7.51. The van der Waals surface area contributed by atoms with Crippen LogP contribution in [0.15, 0.2) is 24.3 Å². The Kier molecular flexibility index (Phi) is 3.36. The van der Waals surface area contributed by atoms with Crippen molar-refractivity contribution in [3.05, 3.63) is 34.9 Å². The van der Waals surface area contributed by atoms with Gasteiger partial charge in [0.1, 0.15) is 0 Å². The fourth-order valence-corrected chi connectivity index (χ4v) is 3.91. The summed E-state index contributed by atoms with van der Waals surface area (Å²) < 4.78 is 5.84. The molecule has 0 radical (unpaired) electrons. The second-order valence-corrected chi connectivity index (χ2v) is 6.92. The molecule has 0 aromatic heterocycles. The second-order valence-electron chi connectivity index (χ2n) is 6.48. The van der Waals surface area contributed by atoms with E-state index in [2.05, 4.69) is 38.2 Å². The molecule has 2 aliphatic rings. The predicted octanol–water partition coefficient (Wildman–Crippen LogP) is 3.80. The van der Waals surface area contributed by atoms with Crippen LogP contribution in [0.5, 0.6) is 0 Å². The van der Waals surface area contributed by atoms with E-state index in [1.165, 1.54) is 12.0 Å². The molecule has 1 aromatic carbocycles. The van der Waals surface area contributed by atoms with E-state index < -0.39 is 0 Å². The van der Waals surface area contributed by atoms with Crippen molar-refractivity contribution in [2.75, 3.05) is 6.61 Å². The Morgan fingerprint density at radius 3 is 2.68 bits per heavy atom. The van der Waals surface area contributed by atoms with Crippen molar-refractivity contribution in [1.82, 2.24) is 5.32 Å². The minimum absolute atomic E-state index is 0.238. The number of benzene rings is 1. The Labute approximate surface area is 120 Å². The van der Waals surface area contributed by atoms with E-state index in [9.17, 15) is 0 Å². The van der Waals surface area contributed by atoms with Crippen LogP contribution in [-0.4, -0.2) is 18.8 Å². The van der Waals surface area contributed by atoms with E-state index in [0.717, 1.165) is 11.6 Å². The van der Waals surface area contributed by atoms with Gasteiger partial charge in [-0.2, -0.15) is 0 Å². The number of fused-ring (bicyclic) bond motifs is 1. The zero-order valence-corrected chi connectivity index (χ0v) is 12.6. The van der Waals surface area contributed by atoms with Crippen LogP contribution in [-0.2, 0) is 4.74 Å². The standard InChI is InChI=1S/C16H22ClNO/c1-10(11-4-6-12(17)7-5-11)18-14-13-8-9-19-15(13)16(14,2)3/h4-7,10,13-15,18H,8-9H2,1-3H3/t10-,13?,14?,15?/m0/s1. The van der Waals surface area contributed by atoms with E-state index >= 15 is 0 Å². The number of ether oxygens (including phenoxy) is 1. The minimum atomic E-state index is 0.238. The highest BCUT2D eigenvalue weighted by Crippen LogP contribution is 2.52. The van der Waals surface area contributed by atoms with Crippen LogP contribution in [0.4, 0.5) is 0 Å². The van der Waals surface area contributed by atoms with Gasteiger partial charge in [0.2, 0.25) is 0 Å². The van der Waals surface area contributed by atoms with Gasteiger partial charge in [-0.1, -0.05) is 37.6 Å². The third kappa shape index (κ3) is 2.20. The summed E-state index contributed by atoms with van der Waals surface area (Å²) in [5, 5.41) is 4.59. The fraction of sp³-hybridized carbons (Fsp3) is 0.625. The van der Waals surface area contributed by atoms with Gasteiger partial charge in [0.05, 0.1) is 6.10 Å². The van der Waals surface area contributed by atoms with Crippen LogP contribution in [0.3, 0.4) is 0 Å². The third-order valence-corrected chi connectivity index (χ3v) is 5.15. The molecule has 3 unspecified atom stereocenters. The summed E-state index contributed by atoms with van der Waals surface area (Å²) in [4.78, 5) is 0. The van der Waals surface area contributed by atoms with Crippen LogP contribution < -0.4 is 5.32 Å². The Hall–Kier alpha value is -0.570. The van der Waals surface area contributed by atoms with E-state index in [1.54, 1.807) is 0 Å². The molecule has 0 bridgehead atoms. The van der Waals surface area contributed by atoms with Crippen LogP contribution in [0.2, 0.25) is 5.02 Å². The molecule has 1 saturated heterocycles. The lowest BCUT2D eigenvalue weighted by Gasteiger charge is -2.55. The number of rotatable bonds is 3. The molecule has 1 saturated carbocycles. The van der Waals surface area contributed by atoms with Crippen molar-refractivity contribution in [1.29, 1.82) is 0 Å². The van der Waals surface area contributed by atoms with Crippen LogP contribution >= 0.6 is 11.6 Å². The molecule has 2 nitrogen and oxygen atoms in total. The van der Waals surface area contributed by atoms with Crippen LogP contribution in [0.25, 0.3) is 0 Å². The van der Waals surface area contributed by atoms with Gasteiger partial charge in [0.25, 0.3) is 0 Å². The molecule has 1 aromatic rings. The van der Waals surface area contributed by atoms with Gasteiger partial charge in [-0.25, -0.2) is 0 Å². The molecule has 0 amide bonds. The fourth-order valence-electron chi connectivity index (χ4n) is 3.78. The summed E-state index contributed by atoms with van der Waals surface area (Å²) in [5.74, 6) is 0.685. The van der Waals surface area contributed by atoms with Gasteiger partial charge >= 0.3 is 0 Å². The summed E-state index contributed by atoms with van der Waals surface area (Å²) in [7, 11) is 0. The number of halogens is 1. The van der Waals surface area contributed by atoms with E-state index in [4.69, 9.17) is 16.3 Å². The second kappa shape index (κ2) is 4.76. The maximum atomic E-state index is 5.94. The Morgan fingerprint density at radius 1 is 1.32 bits per heavy atom. The maximum absolute atomic E-state index is 5.94. The van der Waals surface area contributed by atoms with Crippen molar-refractivity contribution in [2.45, 2.75) is 45.4 Å². The predicted molar refractivity (Wildman–Crippen MR) is 78.4 cm³/mol. The summed E-state index contributed by atoms with van der Waals surface area (Å²) in [5.41, 5.74) is 1.53. The topological polar surface area (TPSA) is 21.3 Å². The highest BCUT2D eigenvalue weighted by atomic mass is 35.5. The minimum Gasteiger partial charge on any atom is -0.377 e. The normalized spacial score (nSPS) is 33.6. The van der Waals surface area contributed by atoms with Gasteiger partial charge < -0.3 is 10.1 Å². The average molecular weight is 280 g/mol. The molecular formula is C16H22ClNO. The molecule has 1 aliphatic carbocycles. The van der Waals surface area contributed by atoms with Gasteiger partial charge in [0, 0.05) is 35.0 Å². The molecular weight excluding hydrogens is 258 g/mol. The zero-order valence-electron chi connectivity index (χ0n) is 11.8. The van der Waals surface area contributed by atoms with E-state index in [1.807, 2.05) is 12.1 Å². The maximum Gasteiger partial charge on any atom is 0.0685 e. The molecule has 104 valence electrons. The Bertz CT molecular complexity index is 456. The molecule has 1 aliphatic heterocycles. The molecule has 3 heteroatoms. The average Bonchev–Trinajstić information content (AvgIpc) is 2.83. The summed E-state index contributed by atoms with van der Waals surface area (Å²) in [6, 6.07) is 9.03. The van der Waals surface area contributed by atoms with Crippen LogP contribution in [0, 0.1) is 11.3 Å². The summed E-state index contributed by atoms with van der Waals surface area (Å²) in [6.45, 7) is 7.77. The first-order valence-electron chi connectivity index (χ1n) is 7.13. The molecule has 2 fully saturated rings. The van der Waals surface area contributed by atoms with Crippen molar-refractivity contribution in [3.8, 4) is 0 Å². The SMILES string of the molecule is C[C@H](NC1C2CCOC2C1(C)C)c1ccc(Cl)cc1. The largest absolute Gasteiger partial charge is 0.377 e. The highest BCUT2D eigenvalue weighted by Gasteiger charge is 2.59. The van der Waals surface area contributed by atoms with Gasteiger partial charge in [0.15, 0.2) is 0 Å². The van der Waals surface area contributed by atoms with Gasteiger partial charge in [-0.3, -0.25) is 0 Å². The lowest BCUT2D eigenvalue weighted by molar-refractivity contribution is -0.115. The van der Waals surface area contributed by atoms with E-state index in [-0.39, 0.29) is 5.41 Å². The molecule has 1 N–H and O–H groups in total. The third-order valence-electron chi connectivity index (χ3n) is 4.90. The molecule has 19 heavy (non-hydrogen) atoms. The first kappa shape index (κ1) is 13.4. The molecule has 4 atom stereocenters. The Balaban J connectivity index is 1.69. The lowest BCUT2D eigenvalue weighted by Crippen LogP contribution is -2.66. The van der Waals surface area contributed by atoms with Crippen molar-refractivity contribution in [2.24, 2.45) is 11.3 Å². The summed E-state index contributed by atoms with van der Waals surface area (Å²) in [6.07, 6.45) is 1.64. The highest BCUT2D eigenvalue weighted by molar-refractivity contribution is 6.30. The van der Waals surface area contributed by atoms with E-state index in [0.29, 0.717) is 24.1 Å². The smallest absolute Gasteiger partial charge is 0.0685 e. The zero-order chi connectivity index (χ0) is 13.6. The quantitative estimate of drug-likeness (QED) is 0.909. The van der Waals surface area contributed by atoms with Crippen molar-refractivity contribution in [3.63, 3.8) is 0 Å². The molecule has 0 spiro atoms. The molecule has 3 rings (SSSR count). The number of hydrogen-bond acceptors (Lipinski definition) is 2. The monoisotopic (exact) mass is 279 g/mol. The van der Waals surface area contributed by atoms with Crippen molar-refractivity contribution >= 4 is 11.6 Å². The number of nitrogens with one attached hydrogen (secondary N) is 1. The van der Waals surface area contributed by atoms with Crippen molar-refractivity contribution < 1.29 is 4.74 Å². The Morgan fingerprint density at radius 2 is 2.00 bits per heavy atom. The first-order chi connectivity index (χ1) is 9.00. The lowest BCUT2D eigenvalue weighted by atomic mass is 9.57.